The van der Waals surface area contributed by atoms with Crippen LogP contribution in [0.15, 0.2) is 30.3 Å². The molecule has 1 heterocycles. The number of rotatable bonds is 3. The lowest BCUT2D eigenvalue weighted by molar-refractivity contribution is 0.972. The van der Waals surface area contributed by atoms with Crippen LogP contribution >= 0.6 is 11.6 Å². The van der Waals surface area contributed by atoms with Crippen LogP contribution in [0.3, 0.4) is 0 Å². The SMILES string of the molecule is Cc1nc(N)nc(N)c1C=CC(C)c1ccc(Cl)cc1. The zero-order chi connectivity index (χ0) is 14.7. The van der Waals surface area contributed by atoms with Crippen LogP contribution in [-0.2, 0) is 0 Å². The molecule has 2 rings (SSSR count). The summed E-state index contributed by atoms with van der Waals surface area (Å²) in [4.78, 5) is 8.09. The Kier molecular flexibility index (Phi) is 4.25. The number of nitrogens with two attached hydrogens (primary N) is 2. The highest BCUT2D eigenvalue weighted by Gasteiger charge is 2.06. The summed E-state index contributed by atoms with van der Waals surface area (Å²) in [6.07, 6.45) is 3.99. The average Bonchev–Trinajstić information content (AvgIpc) is 2.38. The Bertz CT molecular complexity index is 612. The van der Waals surface area contributed by atoms with Crippen molar-refractivity contribution in [1.82, 2.24) is 9.97 Å². The fraction of sp³-hybridized carbons (Fsp3) is 0.200. The third kappa shape index (κ3) is 3.27. The molecular weight excluding hydrogens is 272 g/mol. The van der Waals surface area contributed by atoms with Crippen molar-refractivity contribution in [1.29, 1.82) is 0 Å². The van der Waals surface area contributed by atoms with Crippen molar-refractivity contribution in [3.63, 3.8) is 0 Å². The van der Waals surface area contributed by atoms with Crippen LogP contribution in [0.2, 0.25) is 5.02 Å². The minimum atomic E-state index is 0.197. The largest absolute Gasteiger partial charge is 0.383 e. The molecule has 0 saturated carbocycles. The van der Waals surface area contributed by atoms with Gasteiger partial charge in [0, 0.05) is 10.6 Å². The molecular formula is C15H17ClN4. The predicted octanol–water partition coefficient (Wildman–Crippen LogP) is 3.42. The van der Waals surface area contributed by atoms with Gasteiger partial charge in [0.2, 0.25) is 5.95 Å². The van der Waals surface area contributed by atoms with Crippen LogP contribution in [0.1, 0.15) is 29.7 Å². The van der Waals surface area contributed by atoms with Gasteiger partial charge in [-0.2, -0.15) is 4.98 Å². The molecule has 0 bridgehead atoms. The number of hydrogen-bond acceptors (Lipinski definition) is 4. The van der Waals surface area contributed by atoms with E-state index in [1.54, 1.807) is 0 Å². The summed E-state index contributed by atoms with van der Waals surface area (Å²) in [5, 5.41) is 0.733. The van der Waals surface area contributed by atoms with E-state index in [-0.39, 0.29) is 11.9 Å². The van der Waals surface area contributed by atoms with Gasteiger partial charge in [-0.05, 0) is 30.5 Å². The lowest BCUT2D eigenvalue weighted by atomic mass is 10.00. The van der Waals surface area contributed by atoms with Gasteiger partial charge in [-0.15, -0.1) is 0 Å². The summed E-state index contributed by atoms with van der Waals surface area (Å²) >= 11 is 5.88. The second kappa shape index (κ2) is 5.92. The quantitative estimate of drug-likeness (QED) is 0.907. The first-order chi connectivity index (χ1) is 9.47. The first-order valence-corrected chi connectivity index (χ1v) is 6.68. The van der Waals surface area contributed by atoms with E-state index < -0.39 is 0 Å². The molecule has 1 aromatic heterocycles. The molecule has 0 aliphatic heterocycles. The molecule has 1 unspecified atom stereocenters. The fourth-order valence-corrected chi connectivity index (χ4v) is 2.08. The summed E-state index contributed by atoms with van der Waals surface area (Å²) in [6.45, 7) is 3.96. The molecule has 2 aromatic rings. The third-order valence-electron chi connectivity index (χ3n) is 3.13. The van der Waals surface area contributed by atoms with Gasteiger partial charge < -0.3 is 11.5 Å². The maximum atomic E-state index is 5.88. The number of benzene rings is 1. The maximum Gasteiger partial charge on any atom is 0.222 e. The Labute approximate surface area is 123 Å². The van der Waals surface area contributed by atoms with E-state index in [1.165, 1.54) is 5.56 Å². The van der Waals surface area contributed by atoms with Gasteiger partial charge in [0.1, 0.15) is 5.82 Å². The summed E-state index contributed by atoms with van der Waals surface area (Å²) in [7, 11) is 0. The lowest BCUT2D eigenvalue weighted by Gasteiger charge is -2.08. The van der Waals surface area contributed by atoms with E-state index in [4.69, 9.17) is 23.1 Å². The number of aromatic nitrogens is 2. The van der Waals surface area contributed by atoms with Gasteiger partial charge in [0.05, 0.1) is 5.69 Å². The number of halogens is 1. The van der Waals surface area contributed by atoms with Gasteiger partial charge in [-0.3, -0.25) is 0 Å². The zero-order valence-corrected chi connectivity index (χ0v) is 12.2. The van der Waals surface area contributed by atoms with Crippen molar-refractivity contribution in [2.45, 2.75) is 19.8 Å². The van der Waals surface area contributed by atoms with Crippen molar-refractivity contribution in [2.75, 3.05) is 11.5 Å². The first-order valence-electron chi connectivity index (χ1n) is 6.30. The molecule has 4 nitrogen and oxygen atoms in total. The van der Waals surface area contributed by atoms with Crippen LogP contribution in [0, 0.1) is 6.92 Å². The van der Waals surface area contributed by atoms with Crippen molar-refractivity contribution in [2.24, 2.45) is 0 Å². The normalized spacial score (nSPS) is 12.8. The Balaban J connectivity index is 2.23. The van der Waals surface area contributed by atoms with E-state index in [1.807, 2.05) is 37.3 Å². The van der Waals surface area contributed by atoms with Gasteiger partial charge in [-0.1, -0.05) is 42.8 Å². The molecule has 0 spiro atoms. The molecule has 0 fully saturated rings. The van der Waals surface area contributed by atoms with Gasteiger partial charge in [-0.25, -0.2) is 4.98 Å². The van der Waals surface area contributed by atoms with Crippen LogP contribution in [0.4, 0.5) is 11.8 Å². The number of aryl methyl sites for hydroxylation is 1. The van der Waals surface area contributed by atoms with E-state index in [2.05, 4.69) is 23.0 Å². The van der Waals surface area contributed by atoms with Gasteiger partial charge in [0.25, 0.3) is 0 Å². The van der Waals surface area contributed by atoms with Crippen molar-refractivity contribution < 1.29 is 0 Å². The van der Waals surface area contributed by atoms with Crippen molar-refractivity contribution in [3.05, 3.63) is 52.2 Å². The van der Waals surface area contributed by atoms with Crippen molar-refractivity contribution in [3.8, 4) is 0 Å². The van der Waals surface area contributed by atoms with Crippen LogP contribution < -0.4 is 11.5 Å². The molecule has 1 aromatic carbocycles. The smallest absolute Gasteiger partial charge is 0.222 e. The van der Waals surface area contributed by atoms with E-state index in [0.29, 0.717) is 5.82 Å². The minimum Gasteiger partial charge on any atom is -0.383 e. The highest BCUT2D eigenvalue weighted by Crippen LogP contribution is 2.22. The zero-order valence-electron chi connectivity index (χ0n) is 11.5. The van der Waals surface area contributed by atoms with E-state index in [0.717, 1.165) is 16.3 Å². The number of nitrogens with zero attached hydrogens (tertiary/aromatic N) is 2. The van der Waals surface area contributed by atoms with Crippen LogP contribution in [-0.4, -0.2) is 9.97 Å². The lowest BCUT2D eigenvalue weighted by Crippen LogP contribution is -2.04. The molecule has 0 radical (unpaired) electrons. The topological polar surface area (TPSA) is 77.8 Å². The standard InChI is InChI=1S/C15H17ClN4/c1-9(11-4-6-12(16)7-5-11)3-8-13-10(2)19-15(18)20-14(13)17/h3-9H,1-2H3,(H4,17,18,19,20). The summed E-state index contributed by atoms with van der Waals surface area (Å²) in [6, 6.07) is 7.78. The highest BCUT2D eigenvalue weighted by molar-refractivity contribution is 6.30. The second-order valence-corrected chi connectivity index (χ2v) is 5.10. The molecule has 104 valence electrons. The number of nitrogen functional groups attached to an aromatic ring is 2. The Morgan fingerprint density at radius 3 is 2.40 bits per heavy atom. The molecule has 4 N–H and O–H groups in total. The summed E-state index contributed by atoms with van der Waals surface area (Å²) in [5.41, 5.74) is 14.2. The minimum absolute atomic E-state index is 0.197. The van der Waals surface area contributed by atoms with Gasteiger partial charge >= 0.3 is 0 Å². The molecule has 0 aliphatic rings. The average molecular weight is 289 g/mol. The van der Waals surface area contributed by atoms with Crippen LogP contribution in [0.5, 0.6) is 0 Å². The monoisotopic (exact) mass is 288 g/mol. The molecule has 0 aliphatic carbocycles. The Hall–Kier alpha value is -2.07. The molecule has 20 heavy (non-hydrogen) atoms. The first kappa shape index (κ1) is 14.3. The maximum absolute atomic E-state index is 5.88. The van der Waals surface area contributed by atoms with Crippen LogP contribution in [0.25, 0.3) is 6.08 Å². The molecule has 0 amide bonds. The van der Waals surface area contributed by atoms with E-state index in [9.17, 15) is 0 Å². The van der Waals surface area contributed by atoms with Crippen molar-refractivity contribution >= 4 is 29.4 Å². The third-order valence-corrected chi connectivity index (χ3v) is 3.38. The highest BCUT2D eigenvalue weighted by atomic mass is 35.5. The fourth-order valence-electron chi connectivity index (χ4n) is 1.95. The summed E-state index contributed by atoms with van der Waals surface area (Å²) in [5.74, 6) is 0.834. The predicted molar refractivity (Wildman–Crippen MR) is 84.5 cm³/mol. The van der Waals surface area contributed by atoms with E-state index >= 15 is 0 Å². The molecule has 0 saturated heterocycles. The molecule has 5 heteroatoms. The number of allylic oxidation sites excluding steroid dienone is 1. The van der Waals surface area contributed by atoms with Gasteiger partial charge in [0.15, 0.2) is 0 Å². The number of hydrogen-bond donors (Lipinski definition) is 2. The second-order valence-electron chi connectivity index (χ2n) is 4.67. The Morgan fingerprint density at radius 2 is 1.80 bits per heavy atom. The number of anilines is 2. The Morgan fingerprint density at radius 1 is 1.15 bits per heavy atom. The summed E-state index contributed by atoms with van der Waals surface area (Å²) < 4.78 is 0. The molecule has 1 atom stereocenters.